The van der Waals surface area contributed by atoms with Crippen LogP contribution >= 0.6 is 0 Å². The molecule has 2 unspecified atom stereocenters. The maximum Gasteiger partial charge on any atom is 0.274 e. The largest absolute Gasteiger partial charge is 0.396 e. The summed E-state index contributed by atoms with van der Waals surface area (Å²) in [7, 11) is 0. The molecule has 6 heteroatoms. The predicted molar refractivity (Wildman–Crippen MR) is 65.6 cm³/mol. The zero-order valence-corrected chi connectivity index (χ0v) is 10.4. The van der Waals surface area contributed by atoms with Gasteiger partial charge in [0.25, 0.3) is 5.91 Å². The van der Waals surface area contributed by atoms with Crippen LogP contribution in [0.4, 0.5) is 5.69 Å². The summed E-state index contributed by atoms with van der Waals surface area (Å²) in [6.45, 7) is 5.65. The molecule has 0 aromatic carbocycles. The molecule has 0 fully saturated rings. The number of H-pyrrole nitrogens is 1. The Hall–Kier alpha value is -1.56. The number of nitrogens with one attached hydrogen (secondary N) is 2. The standard InChI is InChI=1S/C11H20N4O2/c1-4-8-9(12)10(15-14-8)11(17)13-7(3)6(2)5-16/h6-7,16H,4-5,12H2,1-3H3,(H,13,17)(H,14,15). The van der Waals surface area contributed by atoms with Gasteiger partial charge in [0.15, 0.2) is 5.69 Å². The van der Waals surface area contributed by atoms with Crippen molar-refractivity contribution in [3.63, 3.8) is 0 Å². The van der Waals surface area contributed by atoms with E-state index < -0.39 is 0 Å². The molecule has 0 radical (unpaired) electrons. The van der Waals surface area contributed by atoms with Crippen molar-refractivity contribution in [3.8, 4) is 0 Å². The van der Waals surface area contributed by atoms with Gasteiger partial charge in [-0.15, -0.1) is 0 Å². The van der Waals surface area contributed by atoms with E-state index in [4.69, 9.17) is 10.8 Å². The Morgan fingerprint density at radius 1 is 1.59 bits per heavy atom. The van der Waals surface area contributed by atoms with Crippen molar-refractivity contribution in [2.45, 2.75) is 33.2 Å². The smallest absolute Gasteiger partial charge is 0.274 e. The number of amides is 1. The first kappa shape index (κ1) is 13.5. The summed E-state index contributed by atoms with van der Waals surface area (Å²) in [6, 6.07) is -0.131. The zero-order valence-electron chi connectivity index (χ0n) is 10.4. The number of aliphatic hydroxyl groups is 1. The van der Waals surface area contributed by atoms with Gasteiger partial charge in [-0.2, -0.15) is 5.10 Å². The van der Waals surface area contributed by atoms with E-state index >= 15 is 0 Å². The van der Waals surface area contributed by atoms with Gasteiger partial charge in [0.1, 0.15) is 0 Å². The molecule has 0 bridgehead atoms. The number of anilines is 1. The van der Waals surface area contributed by atoms with Crippen LogP contribution in [-0.4, -0.2) is 33.9 Å². The van der Waals surface area contributed by atoms with Crippen LogP contribution in [0, 0.1) is 5.92 Å². The lowest BCUT2D eigenvalue weighted by Crippen LogP contribution is -2.38. The number of aliphatic hydroxyl groups excluding tert-OH is 1. The average Bonchev–Trinajstić information content (AvgIpc) is 2.69. The second-order valence-electron chi connectivity index (χ2n) is 4.24. The lowest BCUT2D eigenvalue weighted by Gasteiger charge is -2.18. The number of hydrogen-bond donors (Lipinski definition) is 4. The van der Waals surface area contributed by atoms with Crippen molar-refractivity contribution >= 4 is 11.6 Å². The first-order valence-electron chi connectivity index (χ1n) is 5.75. The number of carbonyl (C=O) groups excluding carboxylic acids is 1. The Morgan fingerprint density at radius 3 is 2.71 bits per heavy atom. The molecule has 1 rings (SSSR count). The molecule has 1 amide bonds. The molecule has 17 heavy (non-hydrogen) atoms. The molecule has 0 aliphatic heterocycles. The van der Waals surface area contributed by atoms with Crippen LogP contribution in [0.2, 0.25) is 0 Å². The highest BCUT2D eigenvalue weighted by Crippen LogP contribution is 2.14. The summed E-state index contributed by atoms with van der Waals surface area (Å²) < 4.78 is 0. The Bertz CT molecular complexity index is 389. The fourth-order valence-corrected chi connectivity index (χ4v) is 1.40. The van der Waals surface area contributed by atoms with Crippen LogP contribution in [0.25, 0.3) is 0 Å². The van der Waals surface area contributed by atoms with Crippen LogP contribution in [0.3, 0.4) is 0 Å². The van der Waals surface area contributed by atoms with Crippen LogP contribution in [-0.2, 0) is 6.42 Å². The van der Waals surface area contributed by atoms with Gasteiger partial charge >= 0.3 is 0 Å². The number of rotatable bonds is 5. The minimum atomic E-state index is -0.314. The summed E-state index contributed by atoms with van der Waals surface area (Å²) in [6.07, 6.45) is 0.703. The molecule has 5 N–H and O–H groups in total. The van der Waals surface area contributed by atoms with Crippen molar-refractivity contribution in [2.75, 3.05) is 12.3 Å². The van der Waals surface area contributed by atoms with Gasteiger partial charge in [0, 0.05) is 12.6 Å². The van der Waals surface area contributed by atoms with E-state index in [1.807, 2.05) is 20.8 Å². The monoisotopic (exact) mass is 240 g/mol. The Morgan fingerprint density at radius 2 is 2.24 bits per heavy atom. The van der Waals surface area contributed by atoms with E-state index in [1.54, 1.807) is 0 Å². The van der Waals surface area contributed by atoms with Gasteiger partial charge in [0.2, 0.25) is 0 Å². The molecule has 0 aliphatic rings. The second-order valence-corrected chi connectivity index (χ2v) is 4.24. The zero-order chi connectivity index (χ0) is 13.0. The Balaban J connectivity index is 2.73. The first-order valence-corrected chi connectivity index (χ1v) is 5.75. The summed E-state index contributed by atoms with van der Waals surface area (Å²) >= 11 is 0. The van der Waals surface area contributed by atoms with E-state index in [1.165, 1.54) is 0 Å². The highest BCUT2D eigenvalue weighted by molar-refractivity contribution is 5.97. The average molecular weight is 240 g/mol. The highest BCUT2D eigenvalue weighted by atomic mass is 16.3. The number of aromatic amines is 1. The van der Waals surface area contributed by atoms with E-state index in [-0.39, 0.29) is 30.2 Å². The first-order chi connectivity index (χ1) is 8.01. The number of nitrogens with zero attached hydrogens (tertiary/aromatic N) is 1. The van der Waals surface area contributed by atoms with Gasteiger partial charge < -0.3 is 16.2 Å². The molecule has 96 valence electrons. The van der Waals surface area contributed by atoms with Gasteiger partial charge in [-0.3, -0.25) is 9.89 Å². The maximum atomic E-state index is 11.9. The summed E-state index contributed by atoms with van der Waals surface area (Å²) in [5.41, 5.74) is 7.18. The molecule has 0 spiro atoms. The molecule has 2 atom stereocenters. The molecule has 0 saturated carbocycles. The molecular formula is C11H20N4O2. The molecule has 1 heterocycles. The number of carbonyl (C=O) groups is 1. The quantitative estimate of drug-likeness (QED) is 0.594. The summed E-state index contributed by atoms with van der Waals surface area (Å²) in [4.78, 5) is 11.9. The minimum absolute atomic E-state index is 0.00948. The SMILES string of the molecule is CCc1[nH]nc(C(=O)NC(C)C(C)CO)c1N. The molecular weight excluding hydrogens is 220 g/mol. The van der Waals surface area contributed by atoms with Crippen molar-refractivity contribution in [2.24, 2.45) is 5.92 Å². The molecule has 0 aliphatic carbocycles. The van der Waals surface area contributed by atoms with E-state index in [0.29, 0.717) is 12.1 Å². The molecule has 0 saturated heterocycles. The third-order valence-corrected chi connectivity index (χ3v) is 2.95. The summed E-state index contributed by atoms with van der Waals surface area (Å²) in [5.74, 6) is -0.323. The third-order valence-electron chi connectivity index (χ3n) is 2.95. The van der Waals surface area contributed by atoms with E-state index in [2.05, 4.69) is 15.5 Å². The van der Waals surface area contributed by atoms with Crippen LogP contribution < -0.4 is 11.1 Å². The normalized spacial score (nSPS) is 14.4. The number of hydrogen-bond acceptors (Lipinski definition) is 4. The van der Waals surface area contributed by atoms with Crippen molar-refractivity contribution in [1.29, 1.82) is 0 Å². The van der Waals surface area contributed by atoms with Gasteiger partial charge in [-0.05, 0) is 19.3 Å². The lowest BCUT2D eigenvalue weighted by molar-refractivity contribution is 0.0912. The van der Waals surface area contributed by atoms with E-state index in [0.717, 1.165) is 5.69 Å². The van der Waals surface area contributed by atoms with Crippen LogP contribution in [0.15, 0.2) is 0 Å². The fourth-order valence-electron chi connectivity index (χ4n) is 1.40. The van der Waals surface area contributed by atoms with Gasteiger partial charge in [0.05, 0.1) is 11.4 Å². The molecule has 1 aromatic rings. The number of nitrogen functional groups attached to an aromatic ring is 1. The predicted octanol–water partition coefficient (Wildman–Crippen LogP) is 0.301. The van der Waals surface area contributed by atoms with Crippen LogP contribution in [0.1, 0.15) is 37.0 Å². The van der Waals surface area contributed by atoms with Crippen LogP contribution in [0.5, 0.6) is 0 Å². The Kier molecular flexibility index (Phi) is 4.51. The highest BCUT2D eigenvalue weighted by Gasteiger charge is 2.20. The van der Waals surface area contributed by atoms with Crippen molar-refractivity contribution in [1.82, 2.24) is 15.5 Å². The third kappa shape index (κ3) is 2.97. The summed E-state index contributed by atoms with van der Waals surface area (Å²) in [5, 5.41) is 18.4. The van der Waals surface area contributed by atoms with E-state index in [9.17, 15) is 4.79 Å². The van der Waals surface area contributed by atoms with Crippen molar-refractivity contribution in [3.05, 3.63) is 11.4 Å². The minimum Gasteiger partial charge on any atom is -0.396 e. The lowest BCUT2D eigenvalue weighted by atomic mass is 10.1. The number of nitrogens with two attached hydrogens (primary N) is 1. The number of aromatic nitrogens is 2. The molecule has 6 nitrogen and oxygen atoms in total. The van der Waals surface area contributed by atoms with Crippen molar-refractivity contribution < 1.29 is 9.90 Å². The topological polar surface area (TPSA) is 104 Å². The number of aryl methyl sites for hydroxylation is 1. The molecule has 1 aromatic heterocycles. The fraction of sp³-hybridized carbons (Fsp3) is 0.636. The maximum absolute atomic E-state index is 11.9. The Labute approximate surface area is 101 Å². The second kappa shape index (κ2) is 5.67. The van der Waals surface area contributed by atoms with Gasteiger partial charge in [-0.1, -0.05) is 13.8 Å². The van der Waals surface area contributed by atoms with Gasteiger partial charge in [-0.25, -0.2) is 0 Å².